The molecule has 0 spiro atoms. The normalized spacial score (nSPS) is 19.6. The fraction of sp³-hybridized carbons (Fsp3) is 0.677. The molecular weight excluding hydrogens is 472 g/mol. The van der Waals surface area contributed by atoms with E-state index in [1.165, 1.54) is 31.2 Å². The molecule has 4 heterocycles. The topological polar surface area (TPSA) is 59.0 Å². The van der Waals surface area contributed by atoms with Crippen LogP contribution in [0.4, 0.5) is 17.6 Å². The van der Waals surface area contributed by atoms with Crippen molar-refractivity contribution in [2.45, 2.75) is 84.6 Å². The van der Waals surface area contributed by atoms with E-state index >= 15 is 0 Å². The minimum Gasteiger partial charge on any atom is -0.507 e. The maximum Gasteiger partial charge on any atom is 0.229 e. The Morgan fingerprint density at radius 2 is 1.08 bits per heavy atom. The van der Waals surface area contributed by atoms with Crippen molar-refractivity contribution < 1.29 is 5.11 Å². The van der Waals surface area contributed by atoms with E-state index in [-0.39, 0.29) is 10.8 Å². The second-order valence-corrected chi connectivity index (χ2v) is 13.6. The summed E-state index contributed by atoms with van der Waals surface area (Å²) in [7, 11) is 0. The van der Waals surface area contributed by atoms with Crippen LogP contribution < -0.4 is 14.7 Å². The summed E-state index contributed by atoms with van der Waals surface area (Å²) in [4.78, 5) is 19.9. The van der Waals surface area contributed by atoms with Gasteiger partial charge in [-0.05, 0) is 53.2 Å². The van der Waals surface area contributed by atoms with Gasteiger partial charge in [-0.2, -0.15) is 9.97 Å². The Bertz CT molecular complexity index is 1040. The van der Waals surface area contributed by atoms with Crippen LogP contribution in [0.3, 0.4) is 0 Å². The lowest BCUT2D eigenvalue weighted by molar-refractivity contribution is 0.249. The highest BCUT2D eigenvalue weighted by Crippen LogP contribution is 2.40. The number of phenolic OH excluding ortho intramolecular Hbond substituents is 1. The summed E-state index contributed by atoms with van der Waals surface area (Å²) >= 11 is 0. The summed E-state index contributed by atoms with van der Waals surface area (Å²) in [5.74, 6) is 3.56. The molecule has 2 aromatic rings. The maximum atomic E-state index is 11.1. The van der Waals surface area contributed by atoms with Crippen molar-refractivity contribution in [1.29, 1.82) is 0 Å². The van der Waals surface area contributed by atoms with Gasteiger partial charge in [-0.25, -0.2) is 0 Å². The highest BCUT2D eigenvalue weighted by Gasteiger charge is 2.28. The van der Waals surface area contributed by atoms with Gasteiger partial charge >= 0.3 is 0 Å². The minimum absolute atomic E-state index is 0.105. The van der Waals surface area contributed by atoms with Crippen molar-refractivity contribution in [2.75, 3.05) is 67.1 Å². The molecule has 1 N–H and O–H groups in total. The first-order valence-corrected chi connectivity index (χ1v) is 14.7. The smallest absolute Gasteiger partial charge is 0.229 e. The number of piperazine rings is 1. The quantitative estimate of drug-likeness (QED) is 0.574. The van der Waals surface area contributed by atoms with Gasteiger partial charge in [-0.1, -0.05) is 53.7 Å². The predicted octanol–water partition coefficient (Wildman–Crippen LogP) is 5.30. The summed E-state index contributed by atoms with van der Waals surface area (Å²) in [6, 6.07) is 6.68. The summed E-state index contributed by atoms with van der Waals surface area (Å²) in [5.41, 5.74) is 3.17. The first-order valence-electron chi connectivity index (χ1n) is 14.7. The van der Waals surface area contributed by atoms with Gasteiger partial charge in [0.15, 0.2) is 0 Å². The lowest BCUT2D eigenvalue weighted by Gasteiger charge is -2.36. The number of rotatable bonds is 5. The summed E-state index contributed by atoms with van der Waals surface area (Å²) < 4.78 is 0. The van der Waals surface area contributed by atoms with Gasteiger partial charge in [0.25, 0.3) is 0 Å². The lowest BCUT2D eigenvalue weighted by atomic mass is 9.78. The molecule has 38 heavy (non-hydrogen) atoms. The van der Waals surface area contributed by atoms with Crippen molar-refractivity contribution >= 4 is 17.6 Å². The van der Waals surface area contributed by atoms with E-state index in [2.05, 4.69) is 79.3 Å². The Morgan fingerprint density at radius 1 is 0.632 bits per heavy atom. The number of nitrogens with zero attached hydrogens (tertiary/aromatic N) is 6. The van der Waals surface area contributed by atoms with Gasteiger partial charge in [0, 0.05) is 65.0 Å². The molecule has 0 unspecified atom stereocenters. The van der Waals surface area contributed by atoms with Gasteiger partial charge in [-0.3, -0.25) is 4.90 Å². The average Bonchev–Trinajstić information content (AvgIpc) is 3.59. The van der Waals surface area contributed by atoms with Crippen LogP contribution in [0, 0.1) is 0 Å². The second-order valence-electron chi connectivity index (χ2n) is 13.6. The van der Waals surface area contributed by atoms with E-state index in [9.17, 15) is 5.11 Å². The number of phenols is 1. The van der Waals surface area contributed by atoms with Crippen LogP contribution in [0.5, 0.6) is 5.75 Å². The fourth-order valence-electron chi connectivity index (χ4n) is 6.06. The van der Waals surface area contributed by atoms with Gasteiger partial charge in [0.05, 0.1) is 0 Å². The van der Waals surface area contributed by atoms with E-state index in [4.69, 9.17) is 9.97 Å². The minimum atomic E-state index is -0.105. The van der Waals surface area contributed by atoms with Gasteiger partial charge in [-0.15, -0.1) is 0 Å². The Kier molecular flexibility index (Phi) is 7.51. The predicted molar refractivity (Wildman–Crippen MR) is 158 cm³/mol. The van der Waals surface area contributed by atoms with E-state index in [0.717, 1.165) is 87.6 Å². The Morgan fingerprint density at radius 3 is 1.55 bits per heavy atom. The summed E-state index contributed by atoms with van der Waals surface area (Å²) in [6.07, 6.45) is 4.97. The molecule has 0 radical (unpaired) electrons. The van der Waals surface area contributed by atoms with Crippen LogP contribution in [0.1, 0.15) is 83.9 Å². The highest BCUT2D eigenvalue weighted by atomic mass is 16.3. The first-order chi connectivity index (χ1) is 18.0. The standard InChI is InChI=1S/C31H48N6O/c1-30(2,3)24-19-23(20-25(28(24)38)31(4,5)6)22-34-15-17-36(18-16-34)27-21-26(35-11-7-8-12-35)32-29(33-27)37-13-9-10-14-37/h19-21,38H,7-18,22H2,1-6H3. The van der Waals surface area contributed by atoms with E-state index < -0.39 is 0 Å². The Labute approximate surface area is 229 Å². The first kappa shape index (κ1) is 27.0. The molecule has 0 bridgehead atoms. The largest absolute Gasteiger partial charge is 0.507 e. The highest BCUT2D eigenvalue weighted by molar-refractivity contribution is 5.56. The Balaban J connectivity index is 1.32. The molecule has 208 valence electrons. The van der Waals surface area contributed by atoms with Gasteiger partial charge in [0.1, 0.15) is 17.4 Å². The van der Waals surface area contributed by atoms with Crippen LogP contribution in [-0.2, 0) is 17.4 Å². The molecule has 5 rings (SSSR count). The third-order valence-corrected chi connectivity index (χ3v) is 8.39. The third kappa shape index (κ3) is 5.88. The van der Waals surface area contributed by atoms with Crippen molar-refractivity contribution in [1.82, 2.24) is 14.9 Å². The summed E-state index contributed by atoms with van der Waals surface area (Å²) in [6.45, 7) is 22.3. The molecule has 1 aromatic carbocycles. The van der Waals surface area contributed by atoms with Crippen LogP contribution in [0.25, 0.3) is 0 Å². The van der Waals surface area contributed by atoms with E-state index in [1.807, 2.05) is 0 Å². The van der Waals surface area contributed by atoms with Crippen LogP contribution >= 0.6 is 0 Å². The third-order valence-electron chi connectivity index (χ3n) is 8.39. The van der Waals surface area contributed by atoms with Crippen LogP contribution in [-0.4, -0.2) is 72.3 Å². The molecular formula is C31H48N6O. The summed E-state index contributed by atoms with van der Waals surface area (Å²) in [5, 5.41) is 11.1. The average molecular weight is 521 g/mol. The molecule has 3 saturated heterocycles. The fourth-order valence-corrected chi connectivity index (χ4v) is 6.06. The molecule has 0 aliphatic carbocycles. The number of anilines is 3. The second kappa shape index (κ2) is 10.6. The molecule has 1 aromatic heterocycles. The SMILES string of the molecule is CC(C)(C)c1cc(CN2CCN(c3cc(N4CCCC4)nc(N4CCCC4)n3)CC2)cc(C(C)(C)C)c1O. The maximum absolute atomic E-state index is 11.1. The molecule has 3 aliphatic rings. The van der Waals surface area contributed by atoms with Crippen molar-refractivity contribution in [3.8, 4) is 5.75 Å². The van der Waals surface area contributed by atoms with Crippen molar-refractivity contribution in [3.63, 3.8) is 0 Å². The number of aromatic nitrogens is 2. The Hall–Kier alpha value is -2.54. The molecule has 0 amide bonds. The molecule has 0 atom stereocenters. The van der Waals surface area contributed by atoms with Crippen molar-refractivity contribution in [2.24, 2.45) is 0 Å². The van der Waals surface area contributed by atoms with Crippen molar-refractivity contribution in [3.05, 3.63) is 34.9 Å². The van der Waals surface area contributed by atoms with Gasteiger partial charge in [0.2, 0.25) is 5.95 Å². The molecule has 3 aliphatic heterocycles. The lowest BCUT2D eigenvalue weighted by Crippen LogP contribution is -2.46. The van der Waals surface area contributed by atoms with Gasteiger partial charge < -0.3 is 19.8 Å². The zero-order valence-corrected chi connectivity index (χ0v) is 24.6. The molecule has 0 saturated carbocycles. The monoisotopic (exact) mass is 520 g/mol. The molecule has 3 fully saturated rings. The van der Waals surface area contributed by atoms with Crippen LogP contribution in [0.2, 0.25) is 0 Å². The number of aromatic hydroxyl groups is 1. The number of hydrogen-bond acceptors (Lipinski definition) is 7. The van der Waals surface area contributed by atoms with E-state index in [1.54, 1.807) is 0 Å². The van der Waals surface area contributed by atoms with Crippen LogP contribution in [0.15, 0.2) is 18.2 Å². The van der Waals surface area contributed by atoms with E-state index in [0.29, 0.717) is 5.75 Å². The zero-order valence-electron chi connectivity index (χ0n) is 24.6. The zero-order chi connectivity index (χ0) is 27.1. The molecule has 7 heteroatoms. The number of benzene rings is 1. The molecule has 7 nitrogen and oxygen atoms in total. The number of hydrogen-bond donors (Lipinski definition) is 1.